The molecule has 5 rings (SSSR count). The lowest BCUT2D eigenvalue weighted by atomic mass is 9.77. The number of hydrogen-bond acceptors (Lipinski definition) is 5. The Morgan fingerprint density at radius 1 is 1.07 bits per heavy atom. The molecule has 2 amide bonds. The maximum Gasteiger partial charge on any atom is 0.416 e. The Morgan fingerprint density at radius 2 is 1.70 bits per heavy atom. The molecule has 2 aromatic rings. The number of piperidine rings is 1. The maximum atomic E-state index is 14.0. The molecule has 244 valence electrons. The third-order valence-corrected chi connectivity index (χ3v) is 9.97. The van der Waals surface area contributed by atoms with Crippen molar-refractivity contribution in [2.45, 2.75) is 108 Å². The smallest absolute Gasteiger partial charge is 0.390 e. The number of rotatable bonds is 8. The highest BCUT2D eigenvalue weighted by Gasteiger charge is 2.55. The number of alkyl halides is 3. The summed E-state index contributed by atoms with van der Waals surface area (Å²) in [5.74, 6) is -0.428. The van der Waals surface area contributed by atoms with Gasteiger partial charge < -0.3 is 15.3 Å². The summed E-state index contributed by atoms with van der Waals surface area (Å²) < 4.78 is 40.0. The molecule has 1 aromatic heterocycles. The molecule has 3 fully saturated rings. The normalized spacial score (nSPS) is 22.9. The second-order valence-electron chi connectivity index (χ2n) is 12.6. The quantitative estimate of drug-likeness (QED) is 0.356. The number of aryl methyl sites for hydroxylation is 2. The van der Waals surface area contributed by atoms with Gasteiger partial charge in [-0.05, 0) is 69.6 Å². The first kappa shape index (κ1) is 34.2. The fourth-order valence-corrected chi connectivity index (χ4v) is 7.48. The third-order valence-electron chi connectivity index (χ3n) is 9.97. The molecule has 8 nitrogen and oxygen atoms in total. The van der Waals surface area contributed by atoms with Crippen LogP contribution in [-0.4, -0.2) is 74.2 Å². The second kappa shape index (κ2) is 13.8. The number of hydrogen-bond donors (Lipinski definition) is 3. The molecule has 0 radical (unpaired) electrons. The lowest BCUT2D eigenvalue weighted by Crippen LogP contribution is -2.75. The Morgan fingerprint density at radius 3 is 2.25 bits per heavy atom. The fourth-order valence-electron chi connectivity index (χ4n) is 7.48. The maximum absolute atomic E-state index is 14.0. The largest absolute Gasteiger partial charge is 0.416 e. The van der Waals surface area contributed by atoms with Crippen molar-refractivity contribution >= 4 is 24.2 Å². The number of nitrogens with one attached hydrogen (secondary N) is 2. The van der Waals surface area contributed by atoms with E-state index in [1.165, 1.54) is 12.1 Å². The summed E-state index contributed by atoms with van der Waals surface area (Å²) in [5, 5.41) is 21.6. The van der Waals surface area contributed by atoms with Crippen LogP contribution in [0.3, 0.4) is 0 Å². The highest BCUT2D eigenvalue weighted by Crippen LogP contribution is 2.41. The molecule has 0 bridgehead atoms. The van der Waals surface area contributed by atoms with Gasteiger partial charge in [0.1, 0.15) is 11.6 Å². The zero-order chi connectivity index (χ0) is 30.9. The highest BCUT2D eigenvalue weighted by molar-refractivity contribution is 6.00. The van der Waals surface area contributed by atoms with Crippen LogP contribution in [0.15, 0.2) is 24.3 Å². The van der Waals surface area contributed by atoms with Crippen LogP contribution >= 0.6 is 12.4 Å². The number of amides is 2. The number of carbonyl (C=O) groups is 2. The van der Waals surface area contributed by atoms with E-state index in [4.69, 9.17) is 0 Å². The number of aliphatic hydroxyl groups excluding tert-OH is 1. The van der Waals surface area contributed by atoms with Crippen LogP contribution in [0, 0.1) is 19.8 Å². The van der Waals surface area contributed by atoms with Crippen LogP contribution in [0.4, 0.5) is 13.2 Å². The Kier molecular flexibility index (Phi) is 10.7. The Bertz CT molecular complexity index is 1270. The highest BCUT2D eigenvalue weighted by atomic mass is 35.5. The number of aromatic nitrogens is 2. The van der Waals surface area contributed by atoms with Crippen LogP contribution < -0.4 is 5.32 Å². The summed E-state index contributed by atoms with van der Waals surface area (Å²) in [6.07, 6.45) is 1.91. The van der Waals surface area contributed by atoms with Crippen molar-refractivity contribution in [2.75, 3.05) is 19.6 Å². The molecule has 1 aliphatic carbocycles. The van der Waals surface area contributed by atoms with E-state index >= 15 is 0 Å². The number of aliphatic hydroxyl groups is 1. The minimum Gasteiger partial charge on any atom is -0.390 e. The average molecular weight is 640 g/mol. The van der Waals surface area contributed by atoms with Gasteiger partial charge in [0.25, 0.3) is 0 Å². The average Bonchev–Trinajstić information content (AvgIpc) is 3.33. The van der Waals surface area contributed by atoms with E-state index in [-0.39, 0.29) is 36.2 Å². The van der Waals surface area contributed by atoms with Crippen molar-refractivity contribution in [3.63, 3.8) is 0 Å². The van der Waals surface area contributed by atoms with Crippen molar-refractivity contribution < 1.29 is 27.9 Å². The minimum absolute atomic E-state index is 0. The van der Waals surface area contributed by atoms with E-state index in [1.807, 2.05) is 20.8 Å². The number of nitrogens with zero attached hydrogens (tertiary/aromatic N) is 3. The molecule has 12 heteroatoms. The van der Waals surface area contributed by atoms with Gasteiger partial charge in [-0.1, -0.05) is 44.7 Å². The first-order chi connectivity index (χ1) is 20.5. The molecular weight excluding hydrogens is 595 g/mol. The van der Waals surface area contributed by atoms with Crippen LogP contribution in [-0.2, 0) is 15.8 Å². The summed E-state index contributed by atoms with van der Waals surface area (Å²) in [4.78, 5) is 31.9. The van der Waals surface area contributed by atoms with E-state index in [2.05, 4.69) is 20.4 Å². The molecule has 2 aliphatic heterocycles. The van der Waals surface area contributed by atoms with Crippen molar-refractivity contribution in [3.8, 4) is 0 Å². The fraction of sp³-hybridized carbons (Fsp3) is 0.656. The molecule has 3 aliphatic rings. The Balaban J connectivity index is 0.00000442. The summed E-state index contributed by atoms with van der Waals surface area (Å²) in [7, 11) is 0. The van der Waals surface area contributed by atoms with Crippen LogP contribution in [0.2, 0.25) is 0 Å². The topological polar surface area (TPSA) is 102 Å². The van der Waals surface area contributed by atoms with Crippen molar-refractivity contribution in [3.05, 3.63) is 52.3 Å². The predicted octanol–water partition coefficient (Wildman–Crippen LogP) is 5.46. The van der Waals surface area contributed by atoms with Crippen LogP contribution in [0.5, 0.6) is 0 Å². The second-order valence-corrected chi connectivity index (χ2v) is 12.6. The number of aromatic amines is 1. The lowest BCUT2D eigenvalue weighted by molar-refractivity contribution is -0.166. The Labute approximate surface area is 263 Å². The van der Waals surface area contributed by atoms with Crippen molar-refractivity contribution in [1.82, 2.24) is 25.3 Å². The van der Waals surface area contributed by atoms with Gasteiger partial charge in [0.05, 0.1) is 23.4 Å². The van der Waals surface area contributed by atoms with E-state index < -0.39 is 29.4 Å². The molecule has 3 atom stereocenters. The minimum atomic E-state index is -4.43. The van der Waals surface area contributed by atoms with E-state index in [0.717, 1.165) is 74.0 Å². The van der Waals surface area contributed by atoms with Gasteiger partial charge in [0.15, 0.2) is 0 Å². The number of carbonyl (C=O) groups excluding carboxylic acids is 2. The monoisotopic (exact) mass is 639 g/mol. The first-order valence-electron chi connectivity index (χ1n) is 15.7. The number of piperazine rings is 1. The van der Waals surface area contributed by atoms with Gasteiger partial charge >= 0.3 is 6.18 Å². The molecule has 1 unspecified atom stereocenters. The number of H-pyrrole nitrogens is 1. The van der Waals surface area contributed by atoms with Crippen molar-refractivity contribution in [1.29, 1.82) is 0 Å². The van der Waals surface area contributed by atoms with Gasteiger partial charge in [-0.2, -0.15) is 18.3 Å². The molecule has 1 spiro atoms. The predicted molar refractivity (Wildman–Crippen MR) is 163 cm³/mol. The third kappa shape index (κ3) is 6.51. The molecule has 1 saturated carbocycles. The van der Waals surface area contributed by atoms with Gasteiger partial charge in [-0.15, -0.1) is 12.4 Å². The number of unbranched alkanes of at least 4 members (excludes halogenated alkanes) is 1. The first-order valence-corrected chi connectivity index (χ1v) is 15.7. The number of likely N-dealkylation sites (tertiary alicyclic amines) is 1. The Hall–Kier alpha value is -2.63. The molecule has 44 heavy (non-hydrogen) atoms. The SMILES string of the molecule is CCCCN1C(=O)[C@@H]([C@H](O)C2CCCCC2)NC(=O)C12CCN(C(c1ccc(C(F)(F)F)cc1)c1c(C)n[nH]c1C)CC2.Cl. The zero-order valence-corrected chi connectivity index (χ0v) is 26.6. The summed E-state index contributed by atoms with van der Waals surface area (Å²) in [6.45, 7) is 7.17. The number of halogens is 4. The van der Waals surface area contributed by atoms with Gasteiger partial charge in [-0.25, -0.2) is 0 Å². The summed E-state index contributed by atoms with van der Waals surface area (Å²) in [6, 6.07) is 3.95. The van der Waals surface area contributed by atoms with Crippen LogP contribution in [0.25, 0.3) is 0 Å². The summed E-state index contributed by atoms with van der Waals surface area (Å²) in [5.41, 5.74) is 1.46. The molecule has 2 saturated heterocycles. The van der Waals surface area contributed by atoms with E-state index in [0.29, 0.717) is 38.0 Å². The van der Waals surface area contributed by atoms with Crippen LogP contribution in [0.1, 0.15) is 98.8 Å². The van der Waals surface area contributed by atoms with Gasteiger partial charge in [0, 0.05) is 30.9 Å². The zero-order valence-electron chi connectivity index (χ0n) is 25.8. The lowest BCUT2D eigenvalue weighted by Gasteiger charge is -2.53. The van der Waals surface area contributed by atoms with Gasteiger partial charge in [0.2, 0.25) is 11.8 Å². The molecular formula is C32H45ClF3N5O3. The molecule has 1 aromatic carbocycles. The standard InChI is InChI=1S/C32H44F3N5O3.ClH/c1-4-5-17-40-29(42)26(28(41)23-9-7-6-8-10-23)36-30(43)31(40)15-18-39(19-16-31)27(25-20(2)37-38-21(25)3)22-11-13-24(14-12-22)32(33,34)35;/h11-14,23,26-28,41H,4-10,15-19H2,1-3H3,(H,36,43)(H,37,38);1H/t26-,27?,28-;/m1./s1. The number of benzene rings is 1. The van der Waals surface area contributed by atoms with Gasteiger partial charge in [-0.3, -0.25) is 19.6 Å². The summed E-state index contributed by atoms with van der Waals surface area (Å²) >= 11 is 0. The van der Waals surface area contributed by atoms with E-state index in [1.54, 1.807) is 4.90 Å². The molecule has 3 N–H and O–H groups in total. The molecule has 3 heterocycles. The van der Waals surface area contributed by atoms with E-state index in [9.17, 15) is 27.9 Å². The van der Waals surface area contributed by atoms with Crippen molar-refractivity contribution in [2.24, 2.45) is 5.92 Å².